The number of aliphatic hydroxyl groups is 1. The molecule has 102 valence electrons. The summed E-state index contributed by atoms with van der Waals surface area (Å²) >= 11 is 0. The molecule has 0 radical (unpaired) electrons. The third-order valence-corrected chi connectivity index (χ3v) is 4.05. The van der Waals surface area contributed by atoms with Crippen molar-refractivity contribution >= 4 is 11.5 Å². The van der Waals surface area contributed by atoms with Crippen LogP contribution in [0.1, 0.15) is 18.4 Å². The van der Waals surface area contributed by atoms with Gasteiger partial charge in [-0.05, 0) is 43.0 Å². The van der Waals surface area contributed by atoms with Gasteiger partial charge in [-0.1, -0.05) is 0 Å². The van der Waals surface area contributed by atoms with Crippen LogP contribution in [0, 0.1) is 5.92 Å². The van der Waals surface area contributed by atoms with E-state index in [9.17, 15) is 0 Å². The quantitative estimate of drug-likeness (QED) is 0.859. The molecule has 2 aliphatic heterocycles. The fourth-order valence-corrected chi connectivity index (χ4v) is 2.80. The molecule has 0 amide bonds. The fourth-order valence-electron chi connectivity index (χ4n) is 2.80. The average Bonchev–Trinajstić information content (AvgIpc) is 3.02. The highest BCUT2D eigenvalue weighted by molar-refractivity contribution is 5.99. The Morgan fingerprint density at radius 3 is 2.53 bits per heavy atom. The Bertz CT molecular complexity index is 447. The highest BCUT2D eigenvalue weighted by atomic mass is 16.3. The van der Waals surface area contributed by atoms with Gasteiger partial charge in [0, 0.05) is 37.5 Å². The summed E-state index contributed by atoms with van der Waals surface area (Å²) in [6, 6.07) is 8.64. The molecule has 0 aromatic heterocycles. The molecule has 19 heavy (non-hydrogen) atoms. The van der Waals surface area contributed by atoms with Crippen LogP contribution in [0.25, 0.3) is 0 Å². The van der Waals surface area contributed by atoms with Gasteiger partial charge in [0.1, 0.15) is 5.84 Å². The van der Waals surface area contributed by atoms with Crippen molar-refractivity contribution in [3.63, 3.8) is 0 Å². The predicted octanol–water partition coefficient (Wildman–Crippen LogP) is 1.25. The second kappa shape index (κ2) is 5.61. The number of benzene rings is 1. The van der Waals surface area contributed by atoms with Crippen LogP contribution in [-0.4, -0.2) is 43.7 Å². The first-order chi connectivity index (χ1) is 9.36. The van der Waals surface area contributed by atoms with Gasteiger partial charge in [0.2, 0.25) is 0 Å². The van der Waals surface area contributed by atoms with Crippen LogP contribution < -0.4 is 10.2 Å². The molecule has 4 heteroatoms. The third kappa shape index (κ3) is 2.73. The molecule has 3 rings (SSSR count). The maximum absolute atomic E-state index is 9.17. The minimum atomic E-state index is 0.332. The zero-order valence-corrected chi connectivity index (χ0v) is 11.2. The van der Waals surface area contributed by atoms with Crippen LogP contribution in [0.15, 0.2) is 29.3 Å². The van der Waals surface area contributed by atoms with E-state index in [0.29, 0.717) is 12.5 Å². The Labute approximate surface area is 114 Å². The van der Waals surface area contributed by atoms with Crippen LogP contribution in [-0.2, 0) is 0 Å². The summed E-state index contributed by atoms with van der Waals surface area (Å²) < 4.78 is 0. The summed E-state index contributed by atoms with van der Waals surface area (Å²) in [5.74, 6) is 1.51. The van der Waals surface area contributed by atoms with Crippen LogP contribution in [0.4, 0.5) is 5.69 Å². The standard InChI is InChI=1S/C15H21N3O/c19-11-12-5-9-18(10-6-12)14-3-1-13(2-4-14)15-16-7-8-17-15/h1-4,12,19H,5-11H2,(H,16,17). The van der Waals surface area contributed by atoms with E-state index < -0.39 is 0 Å². The van der Waals surface area contributed by atoms with Gasteiger partial charge in [-0.15, -0.1) is 0 Å². The molecule has 2 N–H and O–H groups in total. The van der Waals surface area contributed by atoms with Gasteiger partial charge in [0.25, 0.3) is 0 Å². The predicted molar refractivity (Wildman–Crippen MR) is 77.9 cm³/mol. The van der Waals surface area contributed by atoms with E-state index >= 15 is 0 Å². The Morgan fingerprint density at radius 1 is 1.21 bits per heavy atom. The van der Waals surface area contributed by atoms with E-state index in [0.717, 1.165) is 44.9 Å². The number of piperidine rings is 1. The number of amidine groups is 1. The Balaban J connectivity index is 1.66. The summed E-state index contributed by atoms with van der Waals surface area (Å²) in [4.78, 5) is 6.84. The van der Waals surface area contributed by atoms with Crippen LogP contribution in [0.3, 0.4) is 0 Å². The van der Waals surface area contributed by atoms with E-state index in [1.807, 2.05) is 0 Å². The first kappa shape index (κ1) is 12.5. The number of rotatable bonds is 3. The molecule has 1 fully saturated rings. The zero-order valence-electron chi connectivity index (χ0n) is 11.2. The number of aliphatic imine (C=N–C) groups is 1. The number of hydrogen-bond donors (Lipinski definition) is 2. The summed E-state index contributed by atoms with van der Waals surface area (Å²) in [5, 5.41) is 12.5. The summed E-state index contributed by atoms with van der Waals surface area (Å²) in [6.07, 6.45) is 2.18. The van der Waals surface area contributed by atoms with Gasteiger partial charge in [0.15, 0.2) is 0 Å². The van der Waals surface area contributed by atoms with E-state index in [2.05, 4.69) is 39.5 Å². The van der Waals surface area contributed by atoms with Crippen LogP contribution in [0.5, 0.6) is 0 Å². The second-order valence-electron chi connectivity index (χ2n) is 5.32. The summed E-state index contributed by atoms with van der Waals surface area (Å²) in [5.41, 5.74) is 2.45. The molecule has 0 unspecified atom stereocenters. The molecule has 0 bridgehead atoms. The number of hydrogen-bond acceptors (Lipinski definition) is 4. The number of nitrogens with one attached hydrogen (secondary N) is 1. The maximum Gasteiger partial charge on any atom is 0.128 e. The minimum absolute atomic E-state index is 0.332. The van der Waals surface area contributed by atoms with Crippen molar-refractivity contribution in [1.82, 2.24) is 5.32 Å². The zero-order chi connectivity index (χ0) is 13.1. The third-order valence-electron chi connectivity index (χ3n) is 4.05. The smallest absolute Gasteiger partial charge is 0.128 e. The molecule has 2 heterocycles. The molecule has 1 aromatic carbocycles. The first-order valence-electron chi connectivity index (χ1n) is 7.11. The Morgan fingerprint density at radius 2 is 1.95 bits per heavy atom. The lowest BCUT2D eigenvalue weighted by molar-refractivity contribution is 0.203. The van der Waals surface area contributed by atoms with Gasteiger partial charge in [-0.2, -0.15) is 0 Å². The van der Waals surface area contributed by atoms with Gasteiger partial charge in [-0.25, -0.2) is 0 Å². The SMILES string of the molecule is OCC1CCN(c2ccc(C3=NCCN3)cc2)CC1. The number of nitrogens with zero attached hydrogens (tertiary/aromatic N) is 2. The Hall–Kier alpha value is -1.55. The molecule has 4 nitrogen and oxygen atoms in total. The van der Waals surface area contributed by atoms with Crippen molar-refractivity contribution in [3.05, 3.63) is 29.8 Å². The van der Waals surface area contributed by atoms with Crippen molar-refractivity contribution in [3.8, 4) is 0 Å². The van der Waals surface area contributed by atoms with Crippen LogP contribution >= 0.6 is 0 Å². The lowest BCUT2D eigenvalue weighted by atomic mass is 9.97. The summed E-state index contributed by atoms with van der Waals surface area (Å²) in [6.45, 7) is 4.25. The van der Waals surface area contributed by atoms with E-state index in [1.54, 1.807) is 0 Å². The molecule has 1 saturated heterocycles. The first-order valence-corrected chi connectivity index (χ1v) is 7.11. The van der Waals surface area contributed by atoms with Crippen molar-refractivity contribution in [2.24, 2.45) is 10.9 Å². The second-order valence-corrected chi connectivity index (χ2v) is 5.32. The summed E-state index contributed by atoms with van der Waals surface area (Å²) in [7, 11) is 0. The van der Waals surface area contributed by atoms with Crippen molar-refractivity contribution in [1.29, 1.82) is 0 Å². The highest BCUT2D eigenvalue weighted by Gasteiger charge is 2.18. The minimum Gasteiger partial charge on any atom is -0.396 e. The van der Waals surface area contributed by atoms with Crippen molar-refractivity contribution in [2.75, 3.05) is 37.7 Å². The highest BCUT2D eigenvalue weighted by Crippen LogP contribution is 2.23. The maximum atomic E-state index is 9.17. The molecule has 0 spiro atoms. The van der Waals surface area contributed by atoms with E-state index in [1.165, 1.54) is 11.3 Å². The molecule has 0 atom stereocenters. The Kier molecular flexibility index (Phi) is 3.69. The van der Waals surface area contributed by atoms with Crippen molar-refractivity contribution in [2.45, 2.75) is 12.8 Å². The lowest BCUT2D eigenvalue weighted by Gasteiger charge is -2.32. The van der Waals surface area contributed by atoms with Crippen LogP contribution in [0.2, 0.25) is 0 Å². The van der Waals surface area contributed by atoms with Crippen molar-refractivity contribution < 1.29 is 5.11 Å². The van der Waals surface area contributed by atoms with Gasteiger partial charge in [-0.3, -0.25) is 4.99 Å². The number of anilines is 1. The average molecular weight is 259 g/mol. The van der Waals surface area contributed by atoms with Gasteiger partial charge in [0.05, 0.1) is 6.54 Å². The molecule has 1 aromatic rings. The fraction of sp³-hybridized carbons (Fsp3) is 0.533. The largest absolute Gasteiger partial charge is 0.396 e. The van der Waals surface area contributed by atoms with Gasteiger partial charge < -0.3 is 15.3 Å². The normalized spacial score (nSPS) is 20.3. The van der Waals surface area contributed by atoms with Gasteiger partial charge >= 0.3 is 0 Å². The molecule has 0 aliphatic carbocycles. The molecule has 2 aliphatic rings. The monoisotopic (exact) mass is 259 g/mol. The molecular weight excluding hydrogens is 238 g/mol. The topological polar surface area (TPSA) is 47.9 Å². The lowest BCUT2D eigenvalue weighted by Crippen LogP contribution is -2.34. The number of aliphatic hydroxyl groups excluding tert-OH is 1. The molecular formula is C15H21N3O. The van der Waals surface area contributed by atoms with E-state index in [4.69, 9.17) is 5.11 Å². The molecule has 0 saturated carbocycles. The van der Waals surface area contributed by atoms with E-state index in [-0.39, 0.29) is 0 Å².